The molecule has 4 aromatic rings. The zero-order chi connectivity index (χ0) is 21.3. The molecule has 4 rings (SSSR count). The summed E-state index contributed by atoms with van der Waals surface area (Å²) in [5.74, 6) is -0.290. The number of halogens is 3. The Labute approximate surface area is 167 Å². The van der Waals surface area contributed by atoms with E-state index in [0.29, 0.717) is 33.9 Å². The summed E-state index contributed by atoms with van der Waals surface area (Å²) in [5.41, 5.74) is 2.08. The molecule has 1 N–H and O–H groups in total. The fourth-order valence-electron chi connectivity index (χ4n) is 2.70. The van der Waals surface area contributed by atoms with Crippen molar-refractivity contribution in [3.8, 4) is 17.1 Å². The van der Waals surface area contributed by atoms with Crippen molar-refractivity contribution in [2.45, 2.75) is 19.6 Å². The molecule has 0 saturated carbocycles. The van der Waals surface area contributed by atoms with E-state index in [-0.39, 0.29) is 12.4 Å². The van der Waals surface area contributed by atoms with E-state index in [2.05, 4.69) is 39.9 Å². The third-order valence-electron chi connectivity index (χ3n) is 4.09. The molecular weight excluding hydrogens is 403 g/mol. The van der Waals surface area contributed by atoms with Crippen molar-refractivity contribution < 1.29 is 22.4 Å². The van der Waals surface area contributed by atoms with Crippen LogP contribution in [0.5, 0.6) is 5.75 Å². The second kappa shape index (κ2) is 7.54. The predicted molar refractivity (Wildman–Crippen MR) is 98.5 cm³/mol. The highest BCUT2D eigenvalue weighted by atomic mass is 19.4. The molecule has 0 atom stereocenters. The van der Waals surface area contributed by atoms with E-state index in [1.54, 1.807) is 24.5 Å². The van der Waals surface area contributed by atoms with Crippen LogP contribution in [-0.2, 0) is 12.7 Å². The van der Waals surface area contributed by atoms with Crippen LogP contribution in [0.3, 0.4) is 0 Å². The summed E-state index contributed by atoms with van der Waals surface area (Å²) in [5, 5.41) is 6.39. The number of hydrogen-bond acceptors (Lipinski definition) is 9. The molecule has 0 fully saturated rings. The standard InChI is InChI=1S/C18H14F3N7O2/c1-9-5-22-15(23-6-9)10-3-11-14(12(4-10)29-2)25-8-26-16(11)24-7-13-27-17(28-30-13)18(19,20)21/h3-6,8H,7H2,1-2H3,(H,24,25,26). The Bertz CT molecular complexity index is 1190. The molecule has 154 valence electrons. The number of alkyl halides is 3. The monoisotopic (exact) mass is 417 g/mol. The zero-order valence-corrected chi connectivity index (χ0v) is 15.7. The lowest BCUT2D eigenvalue weighted by Gasteiger charge is -2.11. The number of nitrogens with one attached hydrogen (secondary N) is 1. The van der Waals surface area contributed by atoms with Gasteiger partial charge in [0.1, 0.15) is 23.4 Å². The highest BCUT2D eigenvalue weighted by molar-refractivity contribution is 5.96. The summed E-state index contributed by atoms with van der Waals surface area (Å²) in [6.07, 6.45) is 0.00477. The second-order valence-corrected chi connectivity index (χ2v) is 6.24. The number of ether oxygens (including phenoxy) is 1. The smallest absolute Gasteiger partial charge is 0.455 e. The van der Waals surface area contributed by atoms with Crippen LogP contribution in [-0.4, -0.2) is 37.2 Å². The molecule has 0 aliphatic carbocycles. The molecule has 0 aliphatic rings. The lowest BCUT2D eigenvalue weighted by molar-refractivity contribution is -0.146. The summed E-state index contributed by atoms with van der Waals surface area (Å²) in [7, 11) is 1.50. The highest BCUT2D eigenvalue weighted by Gasteiger charge is 2.37. The normalized spacial score (nSPS) is 11.6. The maximum absolute atomic E-state index is 12.6. The fraction of sp³-hybridized carbons (Fsp3) is 0.222. The molecule has 3 aromatic heterocycles. The van der Waals surface area contributed by atoms with Gasteiger partial charge in [0.05, 0.1) is 13.7 Å². The SMILES string of the molecule is COc1cc(-c2ncc(C)cn2)cc2c(NCc3nc(C(F)(F)F)no3)ncnc12. The van der Waals surface area contributed by atoms with Crippen molar-refractivity contribution in [1.29, 1.82) is 0 Å². The summed E-state index contributed by atoms with van der Waals surface area (Å²) in [6.45, 7) is 1.71. The maximum Gasteiger partial charge on any atom is 0.455 e. The third kappa shape index (κ3) is 3.83. The van der Waals surface area contributed by atoms with Gasteiger partial charge < -0.3 is 14.6 Å². The zero-order valence-electron chi connectivity index (χ0n) is 15.7. The van der Waals surface area contributed by atoms with Gasteiger partial charge in [-0.05, 0) is 24.6 Å². The van der Waals surface area contributed by atoms with Crippen LogP contribution < -0.4 is 10.1 Å². The van der Waals surface area contributed by atoms with E-state index >= 15 is 0 Å². The van der Waals surface area contributed by atoms with Crippen molar-refractivity contribution >= 4 is 16.7 Å². The van der Waals surface area contributed by atoms with Crippen LogP contribution in [0.15, 0.2) is 35.4 Å². The summed E-state index contributed by atoms with van der Waals surface area (Å²) in [4.78, 5) is 20.4. The first-order valence-corrected chi connectivity index (χ1v) is 8.60. The summed E-state index contributed by atoms with van der Waals surface area (Å²) < 4.78 is 48.0. The minimum atomic E-state index is -4.68. The van der Waals surface area contributed by atoms with Gasteiger partial charge in [-0.2, -0.15) is 18.2 Å². The van der Waals surface area contributed by atoms with Crippen LogP contribution >= 0.6 is 0 Å². The number of rotatable bonds is 5. The van der Waals surface area contributed by atoms with E-state index in [1.165, 1.54) is 13.4 Å². The van der Waals surface area contributed by atoms with Gasteiger partial charge in [0.15, 0.2) is 5.82 Å². The Kier molecular flexibility index (Phi) is 4.90. The van der Waals surface area contributed by atoms with Gasteiger partial charge >= 0.3 is 6.18 Å². The van der Waals surface area contributed by atoms with Crippen LogP contribution in [0.1, 0.15) is 17.3 Å². The molecule has 0 saturated heterocycles. The first kappa shape index (κ1) is 19.5. The number of aryl methyl sites for hydroxylation is 1. The van der Waals surface area contributed by atoms with E-state index < -0.39 is 12.0 Å². The second-order valence-electron chi connectivity index (χ2n) is 6.24. The minimum Gasteiger partial charge on any atom is -0.494 e. The van der Waals surface area contributed by atoms with E-state index in [9.17, 15) is 13.2 Å². The molecule has 12 heteroatoms. The van der Waals surface area contributed by atoms with Gasteiger partial charge in [-0.15, -0.1) is 0 Å². The number of methoxy groups -OCH3 is 1. The van der Waals surface area contributed by atoms with Gasteiger partial charge in [-0.25, -0.2) is 19.9 Å². The van der Waals surface area contributed by atoms with E-state index in [0.717, 1.165) is 5.56 Å². The van der Waals surface area contributed by atoms with E-state index in [4.69, 9.17) is 4.74 Å². The number of anilines is 1. The Hall–Kier alpha value is -3.83. The van der Waals surface area contributed by atoms with Crippen molar-refractivity contribution in [2.75, 3.05) is 12.4 Å². The first-order valence-electron chi connectivity index (χ1n) is 8.60. The maximum atomic E-state index is 12.6. The van der Waals surface area contributed by atoms with Crippen LogP contribution in [0.4, 0.5) is 19.0 Å². The number of benzene rings is 1. The molecule has 30 heavy (non-hydrogen) atoms. The fourth-order valence-corrected chi connectivity index (χ4v) is 2.70. The average Bonchev–Trinajstić information content (AvgIpc) is 3.21. The molecule has 0 aliphatic heterocycles. The number of aromatic nitrogens is 6. The summed E-state index contributed by atoms with van der Waals surface area (Å²) >= 11 is 0. The van der Waals surface area contributed by atoms with Crippen molar-refractivity contribution in [2.24, 2.45) is 0 Å². The van der Waals surface area contributed by atoms with Gasteiger partial charge in [0, 0.05) is 23.3 Å². The molecule has 1 aromatic carbocycles. The Morgan fingerprint density at radius 2 is 1.87 bits per heavy atom. The third-order valence-corrected chi connectivity index (χ3v) is 4.09. The van der Waals surface area contributed by atoms with Crippen LogP contribution in [0.25, 0.3) is 22.3 Å². The predicted octanol–water partition coefficient (Wildman–Crippen LogP) is 3.42. The van der Waals surface area contributed by atoms with Gasteiger partial charge in [0.25, 0.3) is 5.82 Å². The number of hydrogen-bond donors (Lipinski definition) is 1. The topological polar surface area (TPSA) is 112 Å². The number of fused-ring (bicyclic) bond motifs is 1. The molecule has 0 bridgehead atoms. The molecule has 0 spiro atoms. The van der Waals surface area contributed by atoms with Crippen LogP contribution in [0, 0.1) is 6.92 Å². The molecule has 9 nitrogen and oxygen atoms in total. The molecule has 3 heterocycles. The molecule has 0 unspecified atom stereocenters. The lowest BCUT2D eigenvalue weighted by atomic mass is 10.1. The summed E-state index contributed by atoms with van der Waals surface area (Å²) in [6, 6.07) is 3.51. The van der Waals surface area contributed by atoms with E-state index in [1.807, 2.05) is 6.92 Å². The van der Waals surface area contributed by atoms with Crippen molar-refractivity contribution in [3.05, 3.63) is 48.1 Å². The van der Waals surface area contributed by atoms with Crippen molar-refractivity contribution in [1.82, 2.24) is 30.1 Å². The minimum absolute atomic E-state index is 0.164. The first-order chi connectivity index (χ1) is 14.3. The largest absolute Gasteiger partial charge is 0.494 e. The van der Waals surface area contributed by atoms with Gasteiger partial charge in [-0.3, -0.25) is 0 Å². The molecular formula is C18H14F3N7O2. The Morgan fingerprint density at radius 1 is 1.10 bits per heavy atom. The average molecular weight is 417 g/mol. The number of nitrogens with zero attached hydrogens (tertiary/aromatic N) is 6. The van der Waals surface area contributed by atoms with Gasteiger partial charge in [-0.1, -0.05) is 5.16 Å². The Balaban J connectivity index is 1.70. The highest BCUT2D eigenvalue weighted by Crippen LogP contribution is 2.33. The molecule has 0 amide bonds. The van der Waals surface area contributed by atoms with Crippen LogP contribution in [0.2, 0.25) is 0 Å². The van der Waals surface area contributed by atoms with Gasteiger partial charge in [0.2, 0.25) is 5.89 Å². The quantitative estimate of drug-likeness (QED) is 0.522. The molecule has 0 radical (unpaired) electrons. The lowest BCUT2D eigenvalue weighted by Crippen LogP contribution is -2.08. The Morgan fingerprint density at radius 3 is 2.53 bits per heavy atom. The van der Waals surface area contributed by atoms with Crippen molar-refractivity contribution in [3.63, 3.8) is 0 Å².